The van der Waals surface area contributed by atoms with Crippen molar-refractivity contribution in [3.8, 4) is 0 Å². The van der Waals surface area contributed by atoms with Gasteiger partial charge in [-0.1, -0.05) is 18.2 Å². The van der Waals surface area contributed by atoms with E-state index in [9.17, 15) is 22.8 Å². The molecule has 1 aromatic heterocycles. The van der Waals surface area contributed by atoms with Gasteiger partial charge in [-0.3, -0.25) is 9.59 Å². The Hall–Kier alpha value is -2.75. The van der Waals surface area contributed by atoms with Crippen molar-refractivity contribution in [2.75, 3.05) is 11.5 Å². The van der Waals surface area contributed by atoms with Crippen LogP contribution in [0, 0.1) is 0 Å². The standard InChI is InChI=1S/C17H19N3O6S/c1-10(15(21)18-11-7-8-27(24,25)9-11)26-17(23)14-12-5-3-4-6-13(12)16(22)20(2)19-14/h3-6,10-11H,7-9H2,1-2H3,(H,18,21)/t10-,11+/m1/s1. The van der Waals surface area contributed by atoms with E-state index in [1.165, 1.54) is 14.0 Å². The maximum atomic E-state index is 12.5. The largest absolute Gasteiger partial charge is 0.448 e. The second kappa shape index (κ2) is 7.10. The van der Waals surface area contributed by atoms with Crippen molar-refractivity contribution in [2.24, 2.45) is 7.05 Å². The van der Waals surface area contributed by atoms with Crippen LogP contribution in [0.2, 0.25) is 0 Å². The predicted molar refractivity (Wildman–Crippen MR) is 97.1 cm³/mol. The molecular formula is C17H19N3O6S. The molecule has 27 heavy (non-hydrogen) atoms. The molecule has 2 heterocycles. The first kappa shape index (κ1) is 19.0. The van der Waals surface area contributed by atoms with Gasteiger partial charge in [0, 0.05) is 18.5 Å². The highest BCUT2D eigenvalue weighted by Crippen LogP contribution is 2.15. The van der Waals surface area contributed by atoms with Gasteiger partial charge in [0.2, 0.25) is 0 Å². The molecule has 1 amide bonds. The van der Waals surface area contributed by atoms with E-state index in [0.29, 0.717) is 17.2 Å². The summed E-state index contributed by atoms with van der Waals surface area (Å²) in [4.78, 5) is 36.8. The van der Waals surface area contributed by atoms with Crippen LogP contribution in [0.25, 0.3) is 10.8 Å². The molecule has 0 radical (unpaired) electrons. The molecule has 0 aliphatic carbocycles. The lowest BCUT2D eigenvalue weighted by Gasteiger charge is -2.17. The maximum Gasteiger partial charge on any atom is 0.360 e. The Balaban J connectivity index is 1.75. The molecule has 1 fully saturated rings. The van der Waals surface area contributed by atoms with Crippen molar-refractivity contribution in [1.29, 1.82) is 0 Å². The molecule has 2 aromatic rings. The summed E-state index contributed by atoms with van der Waals surface area (Å²) in [6.07, 6.45) is -0.805. The lowest BCUT2D eigenvalue weighted by atomic mass is 10.1. The van der Waals surface area contributed by atoms with Crippen molar-refractivity contribution < 1.29 is 22.7 Å². The zero-order valence-corrected chi connectivity index (χ0v) is 15.7. The summed E-state index contributed by atoms with van der Waals surface area (Å²) < 4.78 is 29.2. The number of rotatable bonds is 4. The van der Waals surface area contributed by atoms with Gasteiger partial charge in [0.15, 0.2) is 21.6 Å². The zero-order chi connectivity index (χ0) is 19.8. The summed E-state index contributed by atoms with van der Waals surface area (Å²) in [7, 11) is -1.71. The highest BCUT2D eigenvalue weighted by atomic mass is 32.2. The number of ether oxygens (including phenoxy) is 1. The van der Waals surface area contributed by atoms with Gasteiger partial charge in [0.25, 0.3) is 11.5 Å². The van der Waals surface area contributed by atoms with E-state index < -0.39 is 33.9 Å². The first-order valence-electron chi connectivity index (χ1n) is 8.36. The van der Waals surface area contributed by atoms with Crippen LogP contribution in [-0.2, 0) is 26.4 Å². The number of hydrogen-bond acceptors (Lipinski definition) is 7. The topological polar surface area (TPSA) is 124 Å². The van der Waals surface area contributed by atoms with Gasteiger partial charge in [-0.05, 0) is 19.4 Å². The Bertz CT molecular complexity index is 1080. The summed E-state index contributed by atoms with van der Waals surface area (Å²) in [6.45, 7) is 1.39. The summed E-state index contributed by atoms with van der Waals surface area (Å²) in [6, 6.07) is 6.00. The number of nitrogens with zero attached hydrogens (tertiary/aromatic N) is 2. The summed E-state index contributed by atoms with van der Waals surface area (Å²) in [5, 5.41) is 7.18. The Morgan fingerprint density at radius 3 is 2.59 bits per heavy atom. The molecular weight excluding hydrogens is 374 g/mol. The van der Waals surface area contributed by atoms with Gasteiger partial charge in [-0.25, -0.2) is 17.9 Å². The number of nitrogens with one attached hydrogen (secondary N) is 1. The number of fused-ring (bicyclic) bond motifs is 1. The first-order valence-corrected chi connectivity index (χ1v) is 10.2. The minimum atomic E-state index is -3.13. The van der Waals surface area contributed by atoms with E-state index in [-0.39, 0.29) is 22.8 Å². The van der Waals surface area contributed by atoms with Crippen LogP contribution in [0.4, 0.5) is 0 Å². The average Bonchev–Trinajstić information content (AvgIpc) is 2.96. The summed E-state index contributed by atoms with van der Waals surface area (Å²) >= 11 is 0. The number of carbonyl (C=O) groups excluding carboxylic acids is 2. The van der Waals surface area contributed by atoms with E-state index in [2.05, 4.69) is 10.4 Å². The molecule has 10 heteroatoms. The molecule has 2 atom stereocenters. The van der Waals surface area contributed by atoms with Gasteiger partial charge in [0.1, 0.15) is 0 Å². The molecule has 1 aliphatic rings. The fourth-order valence-electron chi connectivity index (χ4n) is 2.95. The van der Waals surface area contributed by atoms with Gasteiger partial charge in [-0.2, -0.15) is 5.10 Å². The lowest BCUT2D eigenvalue weighted by molar-refractivity contribution is -0.129. The number of carbonyl (C=O) groups is 2. The third-order valence-electron chi connectivity index (χ3n) is 4.38. The normalized spacial score (nSPS) is 19.6. The summed E-state index contributed by atoms with van der Waals surface area (Å²) in [5.41, 5.74) is -0.425. The minimum absolute atomic E-state index is 0.0278. The monoisotopic (exact) mass is 393 g/mol. The molecule has 144 valence electrons. The molecule has 0 bridgehead atoms. The van der Waals surface area contributed by atoms with Gasteiger partial charge < -0.3 is 10.1 Å². The molecule has 1 aromatic carbocycles. The highest BCUT2D eigenvalue weighted by Gasteiger charge is 2.31. The van der Waals surface area contributed by atoms with E-state index in [4.69, 9.17) is 4.74 Å². The molecule has 1 aliphatic heterocycles. The second-order valence-corrected chi connectivity index (χ2v) is 8.71. The molecule has 9 nitrogen and oxygen atoms in total. The summed E-state index contributed by atoms with van der Waals surface area (Å²) in [5.74, 6) is -1.52. The van der Waals surface area contributed by atoms with Crippen LogP contribution in [0.3, 0.4) is 0 Å². The lowest BCUT2D eigenvalue weighted by Crippen LogP contribution is -2.42. The number of hydrogen-bond donors (Lipinski definition) is 1. The zero-order valence-electron chi connectivity index (χ0n) is 14.8. The maximum absolute atomic E-state index is 12.5. The highest BCUT2D eigenvalue weighted by molar-refractivity contribution is 7.91. The van der Waals surface area contributed by atoms with Gasteiger partial charge in [0.05, 0.1) is 16.9 Å². The second-order valence-electron chi connectivity index (χ2n) is 6.48. The predicted octanol–water partition coefficient (Wildman–Crippen LogP) is -0.218. The molecule has 0 unspecified atom stereocenters. The third-order valence-corrected chi connectivity index (χ3v) is 6.15. The van der Waals surface area contributed by atoms with Crippen LogP contribution in [0.15, 0.2) is 29.1 Å². The SMILES string of the molecule is C[C@@H](OC(=O)c1nn(C)c(=O)c2ccccc12)C(=O)N[C@H]1CCS(=O)(=O)C1. The Morgan fingerprint density at radius 1 is 1.30 bits per heavy atom. The van der Waals surface area contributed by atoms with Crippen LogP contribution in [0.1, 0.15) is 23.8 Å². The van der Waals surface area contributed by atoms with Crippen LogP contribution in [0.5, 0.6) is 0 Å². The molecule has 1 N–H and O–H groups in total. The van der Waals surface area contributed by atoms with Gasteiger partial charge >= 0.3 is 5.97 Å². The van der Waals surface area contributed by atoms with Crippen LogP contribution in [-0.4, -0.2) is 53.7 Å². The van der Waals surface area contributed by atoms with E-state index in [1.54, 1.807) is 24.3 Å². The van der Waals surface area contributed by atoms with E-state index in [1.807, 2.05) is 0 Å². The molecule has 3 rings (SSSR count). The number of benzene rings is 1. The molecule has 0 spiro atoms. The Morgan fingerprint density at radius 2 is 1.96 bits per heavy atom. The van der Waals surface area contributed by atoms with Crippen LogP contribution < -0.4 is 10.9 Å². The number of aryl methyl sites for hydroxylation is 1. The van der Waals surface area contributed by atoms with Crippen LogP contribution >= 0.6 is 0 Å². The fourth-order valence-corrected chi connectivity index (χ4v) is 4.62. The Labute approximate surface area is 155 Å². The quantitative estimate of drug-likeness (QED) is 0.712. The van der Waals surface area contributed by atoms with Gasteiger partial charge in [-0.15, -0.1) is 0 Å². The molecule has 0 saturated carbocycles. The van der Waals surface area contributed by atoms with Crippen molar-refractivity contribution in [2.45, 2.75) is 25.5 Å². The smallest absolute Gasteiger partial charge is 0.360 e. The van der Waals surface area contributed by atoms with E-state index in [0.717, 1.165) is 4.68 Å². The minimum Gasteiger partial charge on any atom is -0.448 e. The Kier molecular flexibility index (Phi) is 5.01. The van der Waals surface area contributed by atoms with Crippen molar-refractivity contribution in [1.82, 2.24) is 15.1 Å². The average molecular weight is 393 g/mol. The van der Waals surface area contributed by atoms with Crippen molar-refractivity contribution in [3.63, 3.8) is 0 Å². The molecule has 1 saturated heterocycles. The van der Waals surface area contributed by atoms with E-state index >= 15 is 0 Å². The first-order chi connectivity index (χ1) is 12.7. The third kappa shape index (κ3) is 4.00. The van der Waals surface area contributed by atoms with Crippen molar-refractivity contribution in [3.05, 3.63) is 40.3 Å². The fraction of sp³-hybridized carbons (Fsp3) is 0.412. The number of sulfone groups is 1. The van der Waals surface area contributed by atoms with Crippen molar-refractivity contribution >= 4 is 32.5 Å². The number of esters is 1. The number of aromatic nitrogens is 2. The number of amides is 1.